The van der Waals surface area contributed by atoms with E-state index >= 15 is 0 Å². The number of amides is 2. The standard InChI is InChI=1S/C27H25Cl2N3O2S/c1-27(2,3)14-4-10-18-21(12-14)35-26(22(18)24(33)30-17-8-5-15(28)6-9-17)32-23-19-13-16(29)7-11-20(19)31-25(23)34/h5-9,11,13-14H,4,10,12H2,1-3H3,(H,30,33)(H,31,32,34)/t14-/m1/s1. The summed E-state index contributed by atoms with van der Waals surface area (Å²) in [6.45, 7) is 6.78. The SMILES string of the molecule is CC(C)(C)[C@@H]1CCc2c(sc(N=C3C(=O)Nc4ccc(Cl)cc43)c2C(=O)Nc2ccc(Cl)cc2)C1. The molecule has 1 aliphatic carbocycles. The highest BCUT2D eigenvalue weighted by Gasteiger charge is 2.35. The minimum Gasteiger partial charge on any atom is -0.322 e. The van der Waals surface area contributed by atoms with Crippen molar-refractivity contribution in [3.8, 4) is 0 Å². The molecule has 2 aromatic carbocycles. The Kier molecular flexibility index (Phi) is 6.24. The van der Waals surface area contributed by atoms with Gasteiger partial charge in [-0.05, 0) is 78.6 Å². The number of fused-ring (bicyclic) bond motifs is 2. The lowest BCUT2D eigenvalue weighted by molar-refractivity contribution is -0.110. The molecule has 1 aromatic heterocycles. The Bertz CT molecular complexity index is 1370. The van der Waals surface area contributed by atoms with Crippen LogP contribution in [0, 0.1) is 11.3 Å². The maximum Gasteiger partial charge on any atom is 0.275 e. The molecule has 3 aromatic rings. The van der Waals surface area contributed by atoms with Gasteiger partial charge in [-0.1, -0.05) is 44.0 Å². The van der Waals surface area contributed by atoms with E-state index in [2.05, 4.69) is 31.4 Å². The molecule has 5 rings (SSSR count). The Labute approximate surface area is 218 Å². The van der Waals surface area contributed by atoms with Crippen molar-refractivity contribution < 1.29 is 9.59 Å². The topological polar surface area (TPSA) is 70.6 Å². The monoisotopic (exact) mass is 525 g/mol. The molecule has 0 spiro atoms. The van der Waals surface area contributed by atoms with E-state index in [0.717, 1.165) is 24.8 Å². The molecule has 180 valence electrons. The molecule has 0 bridgehead atoms. The number of hydrogen-bond donors (Lipinski definition) is 2. The summed E-state index contributed by atoms with van der Waals surface area (Å²) in [5.41, 5.74) is 3.98. The number of nitrogens with zero attached hydrogens (tertiary/aromatic N) is 1. The maximum atomic E-state index is 13.6. The number of carbonyl (C=O) groups excluding carboxylic acids is 2. The number of rotatable bonds is 3. The first-order valence-electron chi connectivity index (χ1n) is 11.5. The average molecular weight is 526 g/mol. The third-order valence-corrected chi connectivity index (χ3v) is 8.35. The van der Waals surface area contributed by atoms with Crippen molar-refractivity contribution in [1.29, 1.82) is 0 Å². The van der Waals surface area contributed by atoms with Gasteiger partial charge in [0.15, 0.2) is 0 Å². The molecule has 5 nitrogen and oxygen atoms in total. The van der Waals surface area contributed by atoms with Crippen molar-refractivity contribution in [2.45, 2.75) is 40.0 Å². The van der Waals surface area contributed by atoms with E-state index in [4.69, 9.17) is 28.2 Å². The Hall–Kier alpha value is -2.67. The van der Waals surface area contributed by atoms with Crippen LogP contribution >= 0.6 is 34.5 Å². The fourth-order valence-corrected chi connectivity index (χ4v) is 6.29. The second kappa shape index (κ2) is 9.08. The molecule has 1 atom stereocenters. The predicted molar refractivity (Wildman–Crippen MR) is 145 cm³/mol. The third-order valence-electron chi connectivity index (χ3n) is 6.71. The lowest BCUT2D eigenvalue weighted by Gasteiger charge is -2.33. The van der Waals surface area contributed by atoms with E-state index in [-0.39, 0.29) is 22.9 Å². The van der Waals surface area contributed by atoms with Crippen molar-refractivity contribution in [2.75, 3.05) is 10.6 Å². The van der Waals surface area contributed by atoms with Crippen LogP contribution in [-0.2, 0) is 17.6 Å². The summed E-state index contributed by atoms with van der Waals surface area (Å²) in [5.74, 6) is -0.0241. The fraction of sp³-hybridized carbons (Fsp3) is 0.296. The number of hydrogen-bond acceptors (Lipinski definition) is 4. The lowest BCUT2D eigenvalue weighted by atomic mass is 9.72. The first-order chi connectivity index (χ1) is 16.6. The Morgan fingerprint density at radius 2 is 1.83 bits per heavy atom. The molecular formula is C27H25Cl2N3O2S. The second-order valence-electron chi connectivity index (χ2n) is 10.1. The zero-order valence-corrected chi connectivity index (χ0v) is 22.0. The highest BCUT2D eigenvalue weighted by molar-refractivity contribution is 7.16. The zero-order chi connectivity index (χ0) is 24.9. The molecule has 2 heterocycles. The van der Waals surface area contributed by atoms with Gasteiger partial charge in [-0.15, -0.1) is 11.3 Å². The highest BCUT2D eigenvalue weighted by atomic mass is 35.5. The largest absolute Gasteiger partial charge is 0.322 e. The molecule has 0 unspecified atom stereocenters. The third kappa shape index (κ3) is 4.75. The minimum absolute atomic E-state index is 0.167. The van der Waals surface area contributed by atoms with Crippen LogP contribution in [0.3, 0.4) is 0 Å². The van der Waals surface area contributed by atoms with Crippen LogP contribution in [0.4, 0.5) is 16.4 Å². The van der Waals surface area contributed by atoms with Gasteiger partial charge in [0, 0.05) is 26.2 Å². The van der Waals surface area contributed by atoms with Crippen molar-refractivity contribution >= 4 is 68.4 Å². The van der Waals surface area contributed by atoms with Crippen LogP contribution in [0.5, 0.6) is 0 Å². The van der Waals surface area contributed by atoms with Gasteiger partial charge in [0.05, 0.1) is 11.3 Å². The van der Waals surface area contributed by atoms with E-state index in [1.807, 2.05) is 0 Å². The highest BCUT2D eigenvalue weighted by Crippen LogP contribution is 2.46. The van der Waals surface area contributed by atoms with Gasteiger partial charge in [0.25, 0.3) is 11.8 Å². The van der Waals surface area contributed by atoms with Gasteiger partial charge in [0.1, 0.15) is 10.7 Å². The van der Waals surface area contributed by atoms with Gasteiger partial charge in [-0.25, -0.2) is 4.99 Å². The molecular weight excluding hydrogens is 501 g/mol. The summed E-state index contributed by atoms with van der Waals surface area (Å²) >= 11 is 13.7. The lowest BCUT2D eigenvalue weighted by Crippen LogP contribution is -2.27. The van der Waals surface area contributed by atoms with Crippen molar-refractivity contribution in [3.05, 3.63) is 74.1 Å². The number of benzene rings is 2. The summed E-state index contributed by atoms with van der Waals surface area (Å²) in [6, 6.07) is 12.2. The first kappa shape index (κ1) is 24.0. The normalized spacial score (nSPS) is 18.3. The molecule has 0 saturated carbocycles. The Morgan fingerprint density at radius 1 is 1.11 bits per heavy atom. The average Bonchev–Trinajstić information content (AvgIpc) is 3.31. The van der Waals surface area contributed by atoms with E-state index < -0.39 is 0 Å². The van der Waals surface area contributed by atoms with Crippen molar-refractivity contribution in [3.63, 3.8) is 0 Å². The van der Waals surface area contributed by atoms with Crippen LogP contribution in [-0.4, -0.2) is 17.5 Å². The minimum atomic E-state index is -0.301. The number of aliphatic imine (C=N–C) groups is 1. The number of carbonyl (C=O) groups is 2. The van der Waals surface area contributed by atoms with Crippen LogP contribution in [0.15, 0.2) is 47.5 Å². The van der Waals surface area contributed by atoms with Gasteiger partial charge < -0.3 is 10.6 Å². The summed E-state index contributed by atoms with van der Waals surface area (Å²) < 4.78 is 0. The van der Waals surface area contributed by atoms with Crippen LogP contribution in [0.25, 0.3) is 0 Å². The van der Waals surface area contributed by atoms with E-state index in [1.54, 1.807) is 42.5 Å². The Balaban J connectivity index is 1.59. The van der Waals surface area contributed by atoms with Crippen LogP contribution < -0.4 is 10.6 Å². The van der Waals surface area contributed by atoms with Crippen LogP contribution in [0.1, 0.15) is 53.6 Å². The smallest absolute Gasteiger partial charge is 0.275 e. The van der Waals surface area contributed by atoms with E-state index in [9.17, 15) is 9.59 Å². The fourth-order valence-electron chi connectivity index (χ4n) is 4.69. The number of thiophene rings is 1. The maximum absolute atomic E-state index is 13.6. The molecule has 1 aliphatic heterocycles. The van der Waals surface area contributed by atoms with Gasteiger partial charge in [-0.2, -0.15) is 0 Å². The summed E-state index contributed by atoms with van der Waals surface area (Å²) in [4.78, 5) is 32.3. The van der Waals surface area contributed by atoms with E-state index in [1.165, 1.54) is 16.2 Å². The number of halogens is 2. The predicted octanol–water partition coefficient (Wildman–Crippen LogP) is 7.53. The van der Waals surface area contributed by atoms with Crippen molar-refractivity contribution in [2.24, 2.45) is 16.3 Å². The zero-order valence-electron chi connectivity index (χ0n) is 19.7. The number of nitrogens with one attached hydrogen (secondary N) is 2. The number of anilines is 2. The first-order valence-corrected chi connectivity index (χ1v) is 13.1. The van der Waals surface area contributed by atoms with Crippen LogP contribution in [0.2, 0.25) is 10.0 Å². The van der Waals surface area contributed by atoms with Gasteiger partial charge in [0.2, 0.25) is 0 Å². The second-order valence-corrected chi connectivity index (χ2v) is 12.0. The van der Waals surface area contributed by atoms with E-state index in [0.29, 0.717) is 43.5 Å². The molecule has 8 heteroatoms. The summed E-state index contributed by atoms with van der Waals surface area (Å²) in [5, 5.41) is 7.50. The van der Waals surface area contributed by atoms with Gasteiger partial charge in [-0.3, -0.25) is 9.59 Å². The Morgan fingerprint density at radius 3 is 2.54 bits per heavy atom. The molecule has 2 N–H and O–H groups in total. The molecule has 0 fully saturated rings. The molecule has 2 amide bonds. The quantitative estimate of drug-likeness (QED) is 0.370. The van der Waals surface area contributed by atoms with Gasteiger partial charge >= 0.3 is 0 Å². The molecule has 0 saturated heterocycles. The molecule has 0 radical (unpaired) electrons. The summed E-state index contributed by atoms with van der Waals surface area (Å²) in [7, 11) is 0. The molecule has 2 aliphatic rings. The molecule has 35 heavy (non-hydrogen) atoms. The van der Waals surface area contributed by atoms with Crippen molar-refractivity contribution in [1.82, 2.24) is 0 Å². The summed E-state index contributed by atoms with van der Waals surface area (Å²) in [6.07, 6.45) is 2.70.